The van der Waals surface area contributed by atoms with E-state index in [2.05, 4.69) is 22.1 Å². The normalized spacial score (nSPS) is 12.4. The molecule has 5 heteroatoms. The predicted molar refractivity (Wildman–Crippen MR) is 82.7 cm³/mol. The van der Waals surface area contributed by atoms with Crippen molar-refractivity contribution in [2.24, 2.45) is 0 Å². The highest BCUT2D eigenvalue weighted by Crippen LogP contribution is 2.10. The van der Waals surface area contributed by atoms with Crippen molar-refractivity contribution in [1.82, 2.24) is 15.2 Å². The van der Waals surface area contributed by atoms with Gasteiger partial charge in [0.2, 0.25) is 0 Å². The van der Waals surface area contributed by atoms with Crippen molar-refractivity contribution in [3.05, 3.63) is 23.4 Å². The average molecular weight is 278 g/mol. The fourth-order valence-corrected chi connectivity index (χ4v) is 1.96. The van der Waals surface area contributed by atoms with Crippen LogP contribution in [0.1, 0.15) is 42.7 Å². The molecule has 0 saturated carbocycles. The van der Waals surface area contributed by atoms with E-state index in [0.717, 1.165) is 31.5 Å². The number of nitrogens with two attached hydrogens (primary N) is 1. The van der Waals surface area contributed by atoms with E-state index in [4.69, 9.17) is 5.73 Å². The molecule has 1 aromatic heterocycles. The van der Waals surface area contributed by atoms with E-state index in [0.29, 0.717) is 11.4 Å². The largest absolute Gasteiger partial charge is 0.384 e. The van der Waals surface area contributed by atoms with Gasteiger partial charge >= 0.3 is 0 Å². The van der Waals surface area contributed by atoms with E-state index in [9.17, 15) is 4.79 Å². The summed E-state index contributed by atoms with van der Waals surface area (Å²) in [6, 6.07) is 3.59. The van der Waals surface area contributed by atoms with Crippen molar-refractivity contribution >= 4 is 11.7 Å². The zero-order valence-corrected chi connectivity index (χ0v) is 12.9. The summed E-state index contributed by atoms with van der Waals surface area (Å²) in [7, 11) is 4.05. The highest BCUT2D eigenvalue weighted by atomic mass is 16.1. The Morgan fingerprint density at radius 1 is 1.45 bits per heavy atom. The van der Waals surface area contributed by atoms with Crippen LogP contribution < -0.4 is 11.1 Å². The number of carbonyl (C=O) groups excluding carboxylic acids is 1. The van der Waals surface area contributed by atoms with Crippen LogP contribution >= 0.6 is 0 Å². The quantitative estimate of drug-likeness (QED) is 0.796. The van der Waals surface area contributed by atoms with Crippen LogP contribution in [0.15, 0.2) is 12.1 Å². The average Bonchev–Trinajstić information content (AvgIpc) is 2.36. The summed E-state index contributed by atoms with van der Waals surface area (Å²) in [5.41, 5.74) is 7.23. The standard InChI is InChI=1S/C15H26N4O/c1-5-6-13-9-12(10-14(16)18-13)15(20)17-11(2)7-8-19(3)4/h9-11H,5-8H2,1-4H3,(H2,16,18)(H,17,20). The molecule has 3 N–H and O–H groups in total. The van der Waals surface area contributed by atoms with Gasteiger partial charge in [-0.05, 0) is 52.5 Å². The third kappa shape index (κ3) is 5.57. The molecule has 0 fully saturated rings. The number of hydrogen-bond acceptors (Lipinski definition) is 4. The third-order valence-electron chi connectivity index (χ3n) is 3.05. The van der Waals surface area contributed by atoms with E-state index in [1.807, 2.05) is 27.1 Å². The fraction of sp³-hybridized carbons (Fsp3) is 0.600. The Bertz CT molecular complexity index is 445. The lowest BCUT2D eigenvalue weighted by molar-refractivity contribution is 0.0936. The number of nitrogen functional groups attached to an aromatic ring is 1. The van der Waals surface area contributed by atoms with E-state index in [1.165, 1.54) is 0 Å². The molecule has 112 valence electrons. The zero-order valence-electron chi connectivity index (χ0n) is 12.9. The number of carbonyl (C=O) groups is 1. The molecule has 1 aromatic rings. The molecule has 0 radical (unpaired) electrons. The number of aromatic nitrogens is 1. The van der Waals surface area contributed by atoms with Gasteiger partial charge in [-0.25, -0.2) is 4.98 Å². The Morgan fingerprint density at radius 3 is 2.75 bits per heavy atom. The van der Waals surface area contributed by atoms with Gasteiger partial charge in [-0.1, -0.05) is 13.3 Å². The number of rotatable bonds is 7. The van der Waals surface area contributed by atoms with Gasteiger partial charge < -0.3 is 16.0 Å². The lowest BCUT2D eigenvalue weighted by Crippen LogP contribution is -2.34. The maximum absolute atomic E-state index is 12.2. The molecule has 0 bridgehead atoms. The minimum absolute atomic E-state index is 0.0808. The van der Waals surface area contributed by atoms with Crippen molar-refractivity contribution in [3.63, 3.8) is 0 Å². The molecule has 1 atom stereocenters. The number of anilines is 1. The second-order valence-electron chi connectivity index (χ2n) is 5.49. The number of nitrogens with zero attached hydrogens (tertiary/aromatic N) is 2. The first kappa shape index (κ1) is 16.4. The van der Waals surface area contributed by atoms with Crippen LogP contribution in [0.25, 0.3) is 0 Å². The van der Waals surface area contributed by atoms with Crippen LogP contribution in [-0.2, 0) is 6.42 Å². The molecule has 1 rings (SSSR count). The summed E-state index contributed by atoms with van der Waals surface area (Å²) < 4.78 is 0. The molecule has 20 heavy (non-hydrogen) atoms. The van der Waals surface area contributed by atoms with Gasteiger partial charge in [-0.2, -0.15) is 0 Å². The number of pyridine rings is 1. The van der Waals surface area contributed by atoms with Gasteiger partial charge in [0, 0.05) is 17.3 Å². The van der Waals surface area contributed by atoms with Gasteiger partial charge in [0.15, 0.2) is 0 Å². The molecule has 0 saturated heterocycles. The number of aryl methyl sites for hydroxylation is 1. The molecule has 1 amide bonds. The van der Waals surface area contributed by atoms with Gasteiger partial charge in [0.1, 0.15) is 5.82 Å². The van der Waals surface area contributed by atoms with Crippen LogP contribution in [0.5, 0.6) is 0 Å². The van der Waals surface area contributed by atoms with Gasteiger partial charge in [0.05, 0.1) is 0 Å². The van der Waals surface area contributed by atoms with E-state index in [-0.39, 0.29) is 11.9 Å². The van der Waals surface area contributed by atoms with Crippen molar-refractivity contribution in [1.29, 1.82) is 0 Å². The minimum Gasteiger partial charge on any atom is -0.384 e. The summed E-state index contributed by atoms with van der Waals surface area (Å²) in [5.74, 6) is 0.324. The van der Waals surface area contributed by atoms with Gasteiger partial charge in [0.25, 0.3) is 5.91 Å². The Labute approximate surface area is 121 Å². The molecule has 1 heterocycles. The topological polar surface area (TPSA) is 71.2 Å². The van der Waals surface area contributed by atoms with Crippen molar-refractivity contribution < 1.29 is 4.79 Å². The third-order valence-corrected chi connectivity index (χ3v) is 3.05. The lowest BCUT2D eigenvalue weighted by atomic mass is 10.1. The molecule has 1 unspecified atom stereocenters. The Morgan fingerprint density at radius 2 is 2.15 bits per heavy atom. The Kier molecular flexibility index (Phi) is 6.45. The van der Waals surface area contributed by atoms with E-state index in [1.54, 1.807) is 6.07 Å². The fourth-order valence-electron chi connectivity index (χ4n) is 1.96. The van der Waals surface area contributed by atoms with Crippen molar-refractivity contribution in [3.8, 4) is 0 Å². The van der Waals surface area contributed by atoms with E-state index < -0.39 is 0 Å². The van der Waals surface area contributed by atoms with Gasteiger partial charge in [-0.3, -0.25) is 4.79 Å². The predicted octanol–water partition coefficient (Wildman–Crippen LogP) is 1.69. The number of hydrogen-bond donors (Lipinski definition) is 2. The van der Waals surface area contributed by atoms with Crippen LogP contribution in [0.4, 0.5) is 5.82 Å². The summed E-state index contributed by atoms with van der Waals surface area (Å²) in [6.07, 6.45) is 2.74. The SMILES string of the molecule is CCCc1cc(C(=O)NC(C)CCN(C)C)cc(N)n1. The minimum atomic E-state index is -0.0808. The monoisotopic (exact) mass is 278 g/mol. The first-order chi connectivity index (χ1) is 9.42. The zero-order chi connectivity index (χ0) is 15.1. The highest BCUT2D eigenvalue weighted by Gasteiger charge is 2.12. The van der Waals surface area contributed by atoms with Crippen LogP contribution in [0.2, 0.25) is 0 Å². The second kappa shape index (κ2) is 7.85. The molecule has 0 aromatic carbocycles. The Hall–Kier alpha value is -1.62. The first-order valence-corrected chi connectivity index (χ1v) is 7.14. The summed E-state index contributed by atoms with van der Waals surface area (Å²) in [4.78, 5) is 18.5. The van der Waals surface area contributed by atoms with Crippen molar-refractivity contribution in [2.75, 3.05) is 26.4 Å². The van der Waals surface area contributed by atoms with E-state index >= 15 is 0 Å². The van der Waals surface area contributed by atoms with Crippen LogP contribution in [-0.4, -0.2) is 42.5 Å². The molecular formula is C15H26N4O. The first-order valence-electron chi connectivity index (χ1n) is 7.14. The molecule has 0 aliphatic carbocycles. The van der Waals surface area contributed by atoms with Crippen LogP contribution in [0, 0.1) is 0 Å². The molecule has 5 nitrogen and oxygen atoms in total. The number of nitrogens with one attached hydrogen (secondary N) is 1. The lowest BCUT2D eigenvalue weighted by Gasteiger charge is -2.17. The smallest absolute Gasteiger partial charge is 0.251 e. The molecule has 0 spiro atoms. The highest BCUT2D eigenvalue weighted by molar-refractivity contribution is 5.95. The maximum Gasteiger partial charge on any atom is 0.251 e. The Balaban J connectivity index is 2.67. The van der Waals surface area contributed by atoms with Crippen LogP contribution in [0.3, 0.4) is 0 Å². The summed E-state index contributed by atoms with van der Waals surface area (Å²) in [5, 5.41) is 3.00. The molecule has 0 aliphatic heterocycles. The maximum atomic E-state index is 12.2. The number of amides is 1. The second-order valence-corrected chi connectivity index (χ2v) is 5.49. The van der Waals surface area contributed by atoms with Gasteiger partial charge in [-0.15, -0.1) is 0 Å². The summed E-state index contributed by atoms with van der Waals surface area (Å²) >= 11 is 0. The molecular weight excluding hydrogens is 252 g/mol. The summed E-state index contributed by atoms with van der Waals surface area (Å²) in [6.45, 7) is 5.04. The molecule has 0 aliphatic rings. The van der Waals surface area contributed by atoms with Crippen molar-refractivity contribution in [2.45, 2.75) is 39.2 Å².